The molecule has 0 aliphatic carbocycles. The van der Waals surface area contributed by atoms with Gasteiger partial charge < -0.3 is 20.4 Å². The van der Waals surface area contributed by atoms with Gasteiger partial charge in [-0.15, -0.1) is 0 Å². The monoisotopic (exact) mass is 300 g/mol. The minimum Gasteiger partial charge on any atom is -0.325 e. The first-order chi connectivity index (χ1) is 10.0. The van der Waals surface area contributed by atoms with Gasteiger partial charge in [0.1, 0.15) is 0 Å². The van der Waals surface area contributed by atoms with Crippen molar-refractivity contribution in [1.82, 2.24) is 20.4 Å². The normalized spacial score (nSPS) is 21.5. The van der Waals surface area contributed by atoms with E-state index < -0.39 is 0 Å². The van der Waals surface area contributed by atoms with Crippen LogP contribution in [0.1, 0.15) is 41.0 Å². The molecule has 5 heteroatoms. The quantitative estimate of drug-likeness (QED) is 0.816. The molecule has 1 heterocycles. The lowest BCUT2D eigenvalue weighted by atomic mass is 9.94. The third-order valence-electron chi connectivity index (χ3n) is 4.13. The lowest BCUT2D eigenvalue weighted by Crippen LogP contribution is -2.54. The van der Waals surface area contributed by atoms with Crippen LogP contribution in [0.15, 0.2) is 0 Å². The molecular weight excluding hydrogens is 264 g/mol. The number of piperidine rings is 1. The number of urea groups is 1. The van der Waals surface area contributed by atoms with Gasteiger partial charge in [-0.3, -0.25) is 0 Å². The highest BCUT2D eigenvalue weighted by molar-refractivity contribution is 5.74. The summed E-state index contributed by atoms with van der Waals surface area (Å²) in [5, 5.41) is 6.41. The van der Waals surface area contributed by atoms with Crippen molar-refractivity contribution in [2.75, 3.05) is 46.3 Å². The van der Waals surface area contributed by atoms with Gasteiger partial charge in [0.15, 0.2) is 0 Å². The average Bonchev–Trinajstić information content (AvgIpc) is 2.50. The Balaban J connectivity index is 0.000000690. The van der Waals surface area contributed by atoms with Crippen LogP contribution in [0.25, 0.3) is 0 Å². The molecule has 2 atom stereocenters. The molecule has 0 aromatic rings. The fraction of sp³-hybridized carbons (Fsp3) is 0.938. The zero-order chi connectivity index (χ0) is 16.3. The minimum atomic E-state index is 0.192. The maximum absolute atomic E-state index is 12.2. The number of nitrogens with one attached hydrogen (secondary N) is 2. The Morgan fingerprint density at radius 3 is 2.14 bits per heavy atom. The Morgan fingerprint density at radius 2 is 1.76 bits per heavy atom. The van der Waals surface area contributed by atoms with Gasteiger partial charge >= 0.3 is 6.03 Å². The van der Waals surface area contributed by atoms with Gasteiger partial charge in [0, 0.05) is 32.2 Å². The second kappa shape index (κ2) is 11.8. The minimum absolute atomic E-state index is 0.192. The van der Waals surface area contributed by atoms with Crippen molar-refractivity contribution < 1.29 is 4.79 Å². The molecule has 0 radical (unpaired) electrons. The maximum atomic E-state index is 12.2. The van der Waals surface area contributed by atoms with Crippen molar-refractivity contribution in [2.45, 2.75) is 47.1 Å². The first-order valence-corrected chi connectivity index (χ1v) is 8.47. The lowest BCUT2D eigenvalue weighted by molar-refractivity contribution is 0.124. The van der Waals surface area contributed by atoms with E-state index in [1.165, 1.54) is 0 Å². The predicted octanol–water partition coefficient (Wildman–Crippen LogP) is 1.99. The third kappa shape index (κ3) is 7.14. The molecular formula is C16H36N4O. The number of likely N-dealkylation sites (N-methyl/N-ethyl adjacent to an activating group) is 1. The summed E-state index contributed by atoms with van der Waals surface area (Å²) < 4.78 is 0. The molecule has 126 valence electrons. The highest BCUT2D eigenvalue weighted by atomic mass is 16.2. The largest absolute Gasteiger partial charge is 0.325 e. The van der Waals surface area contributed by atoms with Crippen LogP contribution in [-0.4, -0.2) is 68.2 Å². The number of hydrogen-bond acceptors (Lipinski definition) is 3. The van der Waals surface area contributed by atoms with Crippen molar-refractivity contribution in [1.29, 1.82) is 0 Å². The maximum Gasteiger partial charge on any atom is 0.320 e. The Kier molecular flexibility index (Phi) is 11.4. The lowest BCUT2D eigenvalue weighted by Gasteiger charge is -2.39. The Morgan fingerprint density at radius 1 is 1.19 bits per heavy atom. The second-order valence-corrected chi connectivity index (χ2v) is 5.52. The van der Waals surface area contributed by atoms with Crippen LogP contribution in [0.5, 0.6) is 0 Å². The summed E-state index contributed by atoms with van der Waals surface area (Å²) in [6.45, 7) is 16.0. The predicted molar refractivity (Wildman–Crippen MR) is 90.7 cm³/mol. The Hall–Kier alpha value is -0.810. The second-order valence-electron chi connectivity index (χ2n) is 5.52. The Bertz CT molecular complexity index is 267. The molecule has 0 saturated carbocycles. The van der Waals surface area contributed by atoms with Crippen LogP contribution >= 0.6 is 0 Å². The molecule has 0 aromatic heterocycles. The summed E-state index contributed by atoms with van der Waals surface area (Å²) in [6.07, 6.45) is 1.10. The molecule has 2 unspecified atom stereocenters. The molecule has 21 heavy (non-hydrogen) atoms. The number of nitrogens with zero attached hydrogens (tertiary/aromatic N) is 2. The summed E-state index contributed by atoms with van der Waals surface area (Å²) in [6, 6.07) is 0.630. The van der Waals surface area contributed by atoms with Crippen LogP contribution in [0.2, 0.25) is 0 Å². The molecule has 1 aliphatic heterocycles. The van der Waals surface area contributed by atoms with Gasteiger partial charge in [0.2, 0.25) is 0 Å². The highest BCUT2D eigenvalue weighted by Gasteiger charge is 2.29. The molecule has 1 fully saturated rings. The van der Waals surface area contributed by atoms with Gasteiger partial charge in [-0.2, -0.15) is 0 Å². The van der Waals surface area contributed by atoms with E-state index in [0.29, 0.717) is 12.0 Å². The van der Waals surface area contributed by atoms with Crippen molar-refractivity contribution in [3.63, 3.8) is 0 Å². The molecule has 0 bridgehead atoms. The number of hydrogen-bond donors (Lipinski definition) is 2. The summed E-state index contributed by atoms with van der Waals surface area (Å²) >= 11 is 0. The van der Waals surface area contributed by atoms with E-state index in [-0.39, 0.29) is 6.03 Å². The van der Waals surface area contributed by atoms with Crippen LogP contribution in [0.3, 0.4) is 0 Å². The molecule has 2 N–H and O–H groups in total. The van der Waals surface area contributed by atoms with E-state index in [9.17, 15) is 4.79 Å². The molecule has 2 amide bonds. The topological polar surface area (TPSA) is 47.6 Å². The summed E-state index contributed by atoms with van der Waals surface area (Å²) in [4.78, 5) is 16.0. The fourth-order valence-corrected chi connectivity index (χ4v) is 2.56. The SMILES string of the molecule is CCN(CC)C(=O)N1CCC(C)C(NC)C1.CCNCC. The van der Waals surface area contributed by atoms with Crippen molar-refractivity contribution >= 4 is 6.03 Å². The number of likely N-dealkylation sites (tertiary alicyclic amines) is 1. The van der Waals surface area contributed by atoms with Gasteiger partial charge in [0.25, 0.3) is 0 Å². The molecule has 0 aromatic carbocycles. The fourth-order valence-electron chi connectivity index (χ4n) is 2.56. The highest BCUT2D eigenvalue weighted by Crippen LogP contribution is 2.18. The number of rotatable bonds is 5. The zero-order valence-electron chi connectivity index (χ0n) is 14.9. The van der Waals surface area contributed by atoms with Gasteiger partial charge in [-0.1, -0.05) is 20.8 Å². The van der Waals surface area contributed by atoms with Gasteiger partial charge in [-0.25, -0.2) is 4.79 Å². The number of carbonyl (C=O) groups is 1. The number of amides is 2. The molecule has 1 rings (SSSR count). The van der Waals surface area contributed by atoms with Crippen LogP contribution < -0.4 is 10.6 Å². The third-order valence-corrected chi connectivity index (χ3v) is 4.13. The zero-order valence-corrected chi connectivity index (χ0v) is 14.9. The summed E-state index contributed by atoms with van der Waals surface area (Å²) in [7, 11) is 1.98. The Labute approximate surface area is 131 Å². The number of carbonyl (C=O) groups excluding carboxylic acids is 1. The standard InChI is InChI=1S/C12H25N3O.C4H11N/c1-5-14(6-2)12(16)15-8-7-10(3)11(9-15)13-4;1-3-5-4-2/h10-11,13H,5-9H2,1-4H3;5H,3-4H2,1-2H3. The van der Waals surface area contributed by atoms with Gasteiger partial charge in [-0.05, 0) is 46.3 Å². The average molecular weight is 300 g/mol. The molecule has 1 saturated heterocycles. The van der Waals surface area contributed by atoms with Crippen molar-refractivity contribution in [3.05, 3.63) is 0 Å². The first kappa shape index (κ1) is 20.2. The van der Waals surface area contributed by atoms with Crippen molar-refractivity contribution in [3.8, 4) is 0 Å². The summed E-state index contributed by atoms with van der Waals surface area (Å²) in [5.74, 6) is 0.658. The van der Waals surface area contributed by atoms with E-state index in [2.05, 4.69) is 31.4 Å². The van der Waals surface area contributed by atoms with E-state index in [1.807, 2.05) is 30.7 Å². The van der Waals surface area contributed by atoms with Crippen molar-refractivity contribution in [2.24, 2.45) is 5.92 Å². The smallest absolute Gasteiger partial charge is 0.320 e. The van der Waals surface area contributed by atoms with Gasteiger partial charge in [0.05, 0.1) is 0 Å². The van der Waals surface area contributed by atoms with E-state index in [0.717, 1.165) is 45.7 Å². The molecule has 0 spiro atoms. The van der Waals surface area contributed by atoms with Crippen LogP contribution in [-0.2, 0) is 0 Å². The van der Waals surface area contributed by atoms with Crippen LogP contribution in [0.4, 0.5) is 4.79 Å². The first-order valence-electron chi connectivity index (χ1n) is 8.47. The molecule has 5 nitrogen and oxygen atoms in total. The van der Waals surface area contributed by atoms with E-state index >= 15 is 0 Å². The van der Waals surface area contributed by atoms with E-state index in [4.69, 9.17) is 0 Å². The van der Waals surface area contributed by atoms with Crippen LogP contribution in [0, 0.1) is 5.92 Å². The molecule has 1 aliphatic rings. The van der Waals surface area contributed by atoms with E-state index in [1.54, 1.807) is 0 Å². The summed E-state index contributed by atoms with van der Waals surface area (Å²) in [5.41, 5.74) is 0.